The number of nitrogens with two attached hydrogens (primary N) is 2. The van der Waals surface area contributed by atoms with Gasteiger partial charge in [0.2, 0.25) is 0 Å². The Morgan fingerprint density at radius 1 is 1.22 bits per heavy atom. The zero-order chi connectivity index (χ0) is 26.5. The van der Waals surface area contributed by atoms with E-state index in [1.807, 2.05) is 6.08 Å². The van der Waals surface area contributed by atoms with Crippen LogP contribution in [0.5, 0.6) is 11.5 Å². The van der Waals surface area contributed by atoms with E-state index in [1.54, 1.807) is 37.3 Å². The molecule has 2 aromatic rings. The Morgan fingerprint density at radius 3 is 2.47 bits per heavy atom. The Kier molecular flexibility index (Phi) is 8.09. The molecule has 0 radical (unpaired) electrons. The van der Waals surface area contributed by atoms with E-state index in [2.05, 4.69) is 4.74 Å². The maximum absolute atomic E-state index is 13.0. The van der Waals surface area contributed by atoms with Crippen molar-refractivity contribution < 1.29 is 37.3 Å². The number of carboxylic acid groups (broad SMARTS) is 1. The van der Waals surface area contributed by atoms with Crippen LogP contribution < -0.4 is 20.9 Å². The van der Waals surface area contributed by atoms with Crippen LogP contribution in [-0.4, -0.2) is 29.3 Å². The lowest BCUT2D eigenvalue weighted by molar-refractivity contribution is -0.274. The Bertz CT molecular complexity index is 1170. The van der Waals surface area contributed by atoms with Crippen molar-refractivity contribution in [2.75, 3.05) is 0 Å². The highest BCUT2D eigenvalue weighted by Crippen LogP contribution is 2.41. The fraction of sp³-hybridized carbons (Fsp3) is 0.308. The Hall–Kier alpha value is -3.79. The van der Waals surface area contributed by atoms with Gasteiger partial charge in [0.25, 0.3) is 0 Å². The van der Waals surface area contributed by atoms with Gasteiger partial charge in [-0.2, -0.15) is 0 Å². The molecule has 192 valence electrons. The van der Waals surface area contributed by atoms with Crippen LogP contribution in [0.15, 0.2) is 60.3 Å². The molecular weight excluding hydrogens is 477 g/mol. The van der Waals surface area contributed by atoms with E-state index in [0.717, 1.165) is 6.08 Å². The smallest absolute Gasteiger partial charge is 0.489 e. The second kappa shape index (κ2) is 10.9. The average molecular weight is 505 g/mol. The number of benzene rings is 2. The topological polar surface area (TPSA) is 125 Å². The first-order valence-electron chi connectivity index (χ1n) is 11.1. The van der Waals surface area contributed by atoms with Crippen LogP contribution in [-0.2, 0) is 16.2 Å². The summed E-state index contributed by atoms with van der Waals surface area (Å²) in [6.45, 7) is 1.82. The van der Waals surface area contributed by atoms with E-state index in [-0.39, 0.29) is 30.0 Å². The zero-order valence-electron chi connectivity index (χ0n) is 19.5. The van der Waals surface area contributed by atoms with Gasteiger partial charge < -0.3 is 26.0 Å². The normalized spacial score (nSPS) is 18.9. The van der Waals surface area contributed by atoms with Gasteiger partial charge in [-0.3, -0.25) is 9.59 Å². The van der Waals surface area contributed by atoms with Crippen molar-refractivity contribution in [1.29, 1.82) is 0 Å². The van der Waals surface area contributed by atoms with Crippen molar-refractivity contribution in [3.8, 4) is 11.5 Å². The van der Waals surface area contributed by atoms with E-state index in [4.69, 9.17) is 21.3 Å². The molecule has 0 bridgehead atoms. The van der Waals surface area contributed by atoms with Crippen LogP contribution in [0.2, 0.25) is 0 Å². The van der Waals surface area contributed by atoms with Gasteiger partial charge in [0.15, 0.2) is 0 Å². The summed E-state index contributed by atoms with van der Waals surface area (Å²) in [6, 6.07) is 10.8. The van der Waals surface area contributed by atoms with E-state index in [0.29, 0.717) is 41.6 Å². The summed E-state index contributed by atoms with van der Waals surface area (Å²) in [7, 11) is 0. The number of aliphatic carboxylic acids is 1. The van der Waals surface area contributed by atoms with Crippen LogP contribution in [0.25, 0.3) is 5.57 Å². The molecule has 10 heteroatoms. The van der Waals surface area contributed by atoms with Gasteiger partial charge in [-0.1, -0.05) is 24.3 Å². The molecule has 0 aliphatic heterocycles. The summed E-state index contributed by atoms with van der Waals surface area (Å²) in [5.41, 5.74) is 13.5. The molecule has 2 atom stereocenters. The second-order valence-electron chi connectivity index (χ2n) is 8.76. The van der Waals surface area contributed by atoms with Crippen LogP contribution in [0, 0.1) is 0 Å². The number of alkyl halides is 3. The summed E-state index contributed by atoms with van der Waals surface area (Å²) in [5.74, 6) is -1.63. The maximum atomic E-state index is 13.0. The Morgan fingerprint density at radius 2 is 1.92 bits per heavy atom. The molecule has 0 saturated carbocycles. The predicted octanol–water partition coefficient (Wildman–Crippen LogP) is 4.66. The van der Waals surface area contributed by atoms with E-state index < -0.39 is 23.8 Å². The number of allylic oxidation sites excluding steroid dienone is 3. The van der Waals surface area contributed by atoms with Gasteiger partial charge in [0, 0.05) is 22.7 Å². The molecule has 2 aromatic carbocycles. The molecule has 3 rings (SSSR count). The van der Waals surface area contributed by atoms with E-state index in [9.17, 15) is 22.8 Å². The van der Waals surface area contributed by atoms with Gasteiger partial charge in [-0.05, 0) is 66.8 Å². The van der Waals surface area contributed by atoms with Gasteiger partial charge >= 0.3 is 12.3 Å². The molecule has 36 heavy (non-hydrogen) atoms. The monoisotopic (exact) mass is 504 g/mol. The number of rotatable bonds is 10. The van der Waals surface area contributed by atoms with Crippen molar-refractivity contribution in [2.24, 2.45) is 11.5 Å². The maximum Gasteiger partial charge on any atom is 0.573 e. The molecule has 1 aliphatic rings. The second-order valence-corrected chi connectivity index (χ2v) is 8.76. The lowest BCUT2D eigenvalue weighted by atomic mass is 9.88. The summed E-state index contributed by atoms with van der Waals surface area (Å²) < 4.78 is 48.9. The summed E-state index contributed by atoms with van der Waals surface area (Å²) in [4.78, 5) is 21.9. The van der Waals surface area contributed by atoms with Crippen molar-refractivity contribution in [3.63, 3.8) is 0 Å². The van der Waals surface area contributed by atoms with Crippen LogP contribution in [0.4, 0.5) is 13.2 Å². The molecule has 1 aliphatic carbocycles. The standard InChI is InChI=1S/C26H27F3N2O5/c1-25(31)11-2-3-21(25)20-13-16(4-9-23(20)36-26(27,28)29)15-35-18-7-5-17(6-8-18)19(14-24(33)34)22(30)10-12-32/h3-10,12-13,19H,2,11,14-15,30-31H2,1H3,(H,33,34)/t19-,25?/m0/s1. The predicted molar refractivity (Wildman–Crippen MR) is 127 cm³/mol. The van der Waals surface area contributed by atoms with Crippen molar-refractivity contribution in [2.45, 2.75) is 50.6 Å². The summed E-state index contributed by atoms with van der Waals surface area (Å²) >= 11 is 0. The Labute approximate surface area is 206 Å². The highest BCUT2D eigenvalue weighted by Gasteiger charge is 2.35. The summed E-state index contributed by atoms with van der Waals surface area (Å²) in [5, 5.41) is 9.16. The first-order chi connectivity index (χ1) is 16.9. The SMILES string of the molecule is CC1(N)CCC=C1c1cc(COc2ccc([C@H](CC(=O)O)C(N)=CC=O)cc2)ccc1OC(F)(F)F. The third-order valence-corrected chi connectivity index (χ3v) is 5.92. The van der Waals surface area contributed by atoms with Crippen molar-refractivity contribution in [1.82, 2.24) is 0 Å². The minimum Gasteiger partial charge on any atom is -0.489 e. The Balaban J connectivity index is 1.80. The number of carbonyl (C=O) groups is 2. The highest BCUT2D eigenvalue weighted by molar-refractivity contribution is 5.78. The fourth-order valence-corrected chi connectivity index (χ4v) is 4.15. The molecular formula is C26H27F3N2O5. The van der Waals surface area contributed by atoms with Crippen LogP contribution in [0.3, 0.4) is 0 Å². The molecule has 7 nitrogen and oxygen atoms in total. The van der Waals surface area contributed by atoms with E-state index in [1.165, 1.54) is 12.1 Å². The first-order valence-corrected chi connectivity index (χ1v) is 11.1. The third kappa shape index (κ3) is 6.88. The van der Waals surface area contributed by atoms with Gasteiger partial charge in [-0.15, -0.1) is 13.2 Å². The average Bonchev–Trinajstić information content (AvgIpc) is 3.15. The number of carboxylic acids is 1. The number of carbonyl (C=O) groups excluding carboxylic acids is 1. The quantitative estimate of drug-likeness (QED) is 0.318. The molecule has 1 unspecified atom stereocenters. The minimum absolute atomic E-state index is 0.0545. The van der Waals surface area contributed by atoms with E-state index >= 15 is 0 Å². The molecule has 0 spiro atoms. The fourth-order valence-electron chi connectivity index (χ4n) is 4.15. The van der Waals surface area contributed by atoms with Crippen molar-refractivity contribution in [3.05, 3.63) is 77.0 Å². The molecule has 0 fully saturated rings. The number of hydrogen-bond acceptors (Lipinski definition) is 6. The van der Waals surface area contributed by atoms with Gasteiger partial charge in [-0.25, -0.2) is 0 Å². The lowest BCUT2D eigenvalue weighted by Crippen LogP contribution is -2.34. The van der Waals surface area contributed by atoms with Crippen molar-refractivity contribution >= 4 is 17.8 Å². The molecule has 0 saturated heterocycles. The lowest BCUT2D eigenvalue weighted by Gasteiger charge is -2.25. The number of aldehydes is 1. The molecule has 0 heterocycles. The number of hydrogen-bond donors (Lipinski definition) is 3. The largest absolute Gasteiger partial charge is 0.573 e. The number of ether oxygens (including phenoxy) is 2. The number of halogens is 3. The first kappa shape index (κ1) is 26.8. The molecule has 0 amide bonds. The molecule has 5 N–H and O–H groups in total. The van der Waals surface area contributed by atoms with Gasteiger partial charge in [0.05, 0.1) is 6.42 Å². The van der Waals surface area contributed by atoms with Gasteiger partial charge in [0.1, 0.15) is 24.4 Å². The summed E-state index contributed by atoms with van der Waals surface area (Å²) in [6.07, 6.45) is -0.445. The zero-order valence-corrected chi connectivity index (χ0v) is 19.5. The minimum atomic E-state index is -4.85. The third-order valence-electron chi connectivity index (χ3n) is 5.92. The van der Waals surface area contributed by atoms with Crippen LogP contribution in [0.1, 0.15) is 48.8 Å². The highest BCUT2D eigenvalue weighted by atomic mass is 19.4. The molecule has 0 aromatic heterocycles. The van der Waals surface area contributed by atoms with Crippen LogP contribution >= 0.6 is 0 Å².